The molecule has 2 rings (SSSR count). The van der Waals surface area contributed by atoms with Gasteiger partial charge in [-0.25, -0.2) is 13.2 Å². The van der Waals surface area contributed by atoms with Crippen molar-refractivity contribution in [1.29, 1.82) is 0 Å². The average molecular weight is 259 g/mol. The Morgan fingerprint density at radius 2 is 1.83 bits per heavy atom. The topological polar surface area (TPSA) is 38.3 Å². The van der Waals surface area contributed by atoms with Gasteiger partial charge in [0.2, 0.25) is 0 Å². The fourth-order valence-corrected chi connectivity index (χ4v) is 1.81. The van der Waals surface area contributed by atoms with Gasteiger partial charge in [0.25, 0.3) is 5.91 Å². The van der Waals surface area contributed by atoms with E-state index in [9.17, 15) is 18.0 Å². The normalized spacial score (nSPS) is 16.6. The lowest BCUT2D eigenvalue weighted by atomic mass is 10.1. The predicted molar refractivity (Wildman–Crippen MR) is 57.6 cm³/mol. The first-order valence-electron chi connectivity index (χ1n) is 5.61. The number of carbonyl (C=O) groups excluding carboxylic acids is 1. The van der Waals surface area contributed by atoms with Crippen molar-refractivity contribution in [2.45, 2.75) is 18.9 Å². The molecule has 3 nitrogen and oxygen atoms in total. The highest BCUT2D eigenvalue weighted by Gasteiger charge is 2.22. The van der Waals surface area contributed by atoms with Gasteiger partial charge in [0.15, 0.2) is 17.5 Å². The molecule has 0 aromatic heterocycles. The van der Waals surface area contributed by atoms with Crippen LogP contribution in [0, 0.1) is 17.5 Å². The number of halogens is 3. The molecule has 0 spiro atoms. The van der Waals surface area contributed by atoms with Crippen LogP contribution >= 0.6 is 0 Å². The van der Waals surface area contributed by atoms with Gasteiger partial charge in [-0.3, -0.25) is 4.79 Å². The zero-order valence-corrected chi connectivity index (χ0v) is 9.51. The van der Waals surface area contributed by atoms with Crippen LogP contribution in [0.3, 0.4) is 0 Å². The Kier molecular flexibility index (Phi) is 3.86. The van der Waals surface area contributed by atoms with Crippen molar-refractivity contribution in [1.82, 2.24) is 5.32 Å². The molecule has 1 aromatic carbocycles. The van der Waals surface area contributed by atoms with E-state index >= 15 is 0 Å². The molecule has 1 fully saturated rings. The van der Waals surface area contributed by atoms with Crippen molar-refractivity contribution in [3.8, 4) is 0 Å². The van der Waals surface area contributed by atoms with Gasteiger partial charge in [-0.15, -0.1) is 0 Å². The van der Waals surface area contributed by atoms with Crippen LogP contribution in [-0.4, -0.2) is 25.2 Å². The largest absolute Gasteiger partial charge is 0.381 e. The summed E-state index contributed by atoms with van der Waals surface area (Å²) >= 11 is 0. The number of carbonyl (C=O) groups is 1. The quantitative estimate of drug-likeness (QED) is 0.825. The fourth-order valence-electron chi connectivity index (χ4n) is 1.81. The third kappa shape index (κ3) is 2.64. The molecule has 0 saturated carbocycles. The summed E-state index contributed by atoms with van der Waals surface area (Å²) in [6, 6.07) is 1.54. The van der Waals surface area contributed by atoms with Crippen LogP contribution in [0.25, 0.3) is 0 Å². The van der Waals surface area contributed by atoms with Crippen molar-refractivity contribution >= 4 is 5.91 Å². The lowest BCUT2D eigenvalue weighted by Crippen LogP contribution is -2.39. The van der Waals surface area contributed by atoms with Gasteiger partial charge in [0.05, 0.1) is 5.56 Å². The highest BCUT2D eigenvalue weighted by atomic mass is 19.2. The van der Waals surface area contributed by atoms with E-state index in [1.165, 1.54) is 0 Å². The van der Waals surface area contributed by atoms with Crippen molar-refractivity contribution in [3.63, 3.8) is 0 Å². The van der Waals surface area contributed by atoms with Gasteiger partial charge in [0.1, 0.15) is 0 Å². The van der Waals surface area contributed by atoms with Crippen LogP contribution in [0.2, 0.25) is 0 Å². The third-order valence-electron chi connectivity index (χ3n) is 2.84. The van der Waals surface area contributed by atoms with Gasteiger partial charge >= 0.3 is 0 Å². The molecule has 0 bridgehead atoms. The Hall–Kier alpha value is -1.56. The van der Waals surface area contributed by atoms with E-state index in [1.54, 1.807) is 0 Å². The first kappa shape index (κ1) is 12.9. The minimum Gasteiger partial charge on any atom is -0.381 e. The Morgan fingerprint density at radius 1 is 1.17 bits per heavy atom. The first-order valence-corrected chi connectivity index (χ1v) is 5.61. The van der Waals surface area contributed by atoms with Crippen LogP contribution in [0.1, 0.15) is 23.2 Å². The summed E-state index contributed by atoms with van der Waals surface area (Å²) in [4.78, 5) is 11.7. The van der Waals surface area contributed by atoms with Crippen molar-refractivity contribution < 1.29 is 22.7 Å². The summed E-state index contributed by atoms with van der Waals surface area (Å²) in [6.45, 7) is 1.04. The Bertz CT molecular complexity index is 459. The van der Waals surface area contributed by atoms with Crippen molar-refractivity contribution in [3.05, 3.63) is 35.1 Å². The second-order valence-corrected chi connectivity index (χ2v) is 4.08. The monoisotopic (exact) mass is 259 g/mol. The first-order chi connectivity index (χ1) is 8.59. The number of rotatable bonds is 2. The minimum atomic E-state index is -1.63. The van der Waals surface area contributed by atoms with E-state index in [0.29, 0.717) is 26.1 Å². The molecule has 1 heterocycles. The van der Waals surface area contributed by atoms with Crippen LogP contribution in [0.5, 0.6) is 0 Å². The number of benzene rings is 1. The smallest absolute Gasteiger partial charge is 0.254 e. The molecule has 1 aliphatic rings. The molecule has 0 unspecified atom stereocenters. The van der Waals surface area contributed by atoms with E-state index < -0.39 is 28.9 Å². The Balaban J connectivity index is 2.11. The molecule has 1 aromatic rings. The zero-order chi connectivity index (χ0) is 13.1. The van der Waals surface area contributed by atoms with E-state index in [1.807, 2.05) is 0 Å². The van der Waals surface area contributed by atoms with Crippen LogP contribution in [0.4, 0.5) is 13.2 Å². The third-order valence-corrected chi connectivity index (χ3v) is 2.84. The molecule has 98 valence electrons. The minimum absolute atomic E-state index is 0.126. The summed E-state index contributed by atoms with van der Waals surface area (Å²) in [5.41, 5.74) is -0.486. The summed E-state index contributed by atoms with van der Waals surface area (Å²) in [7, 11) is 0. The second kappa shape index (κ2) is 5.39. The molecule has 1 aliphatic heterocycles. The van der Waals surface area contributed by atoms with Crippen LogP contribution in [0.15, 0.2) is 12.1 Å². The van der Waals surface area contributed by atoms with Crippen LogP contribution in [-0.2, 0) is 4.74 Å². The molecular weight excluding hydrogens is 247 g/mol. The van der Waals surface area contributed by atoms with E-state index in [-0.39, 0.29) is 6.04 Å². The molecule has 6 heteroatoms. The molecular formula is C12H12F3NO2. The Labute approximate surface area is 102 Å². The summed E-state index contributed by atoms with van der Waals surface area (Å²) in [6.07, 6.45) is 1.24. The maximum Gasteiger partial charge on any atom is 0.254 e. The van der Waals surface area contributed by atoms with Gasteiger partial charge in [-0.1, -0.05) is 0 Å². The summed E-state index contributed by atoms with van der Waals surface area (Å²) in [5, 5.41) is 2.57. The number of amides is 1. The van der Waals surface area contributed by atoms with E-state index in [0.717, 1.165) is 12.1 Å². The average Bonchev–Trinajstić information content (AvgIpc) is 2.37. The fraction of sp³-hybridized carbons (Fsp3) is 0.417. The molecule has 1 N–H and O–H groups in total. The summed E-state index contributed by atoms with van der Waals surface area (Å²) in [5.74, 6) is -5.14. The molecule has 1 saturated heterocycles. The van der Waals surface area contributed by atoms with Gasteiger partial charge in [0, 0.05) is 19.3 Å². The second-order valence-electron chi connectivity index (χ2n) is 4.08. The van der Waals surface area contributed by atoms with E-state index in [2.05, 4.69) is 5.32 Å². The molecule has 0 aliphatic carbocycles. The molecule has 0 radical (unpaired) electrons. The summed E-state index contributed by atoms with van der Waals surface area (Å²) < 4.78 is 44.2. The predicted octanol–water partition coefficient (Wildman–Crippen LogP) is 2.01. The number of hydrogen-bond donors (Lipinski definition) is 1. The maximum absolute atomic E-state index is 13.4. The Morgan fingerprint density at radius 3 is 2.50 bits per heavy atom. The molecule has 18 heavy (non-hydrogen) atoms. The van der Waals surface area contributed by atoms with Crippen molar-refractivity contribution in [2.75, 3.05) is 13.2 Å². The SMILES string of the molecule is O=C(NC1CCOCC1)c1ccc(F)c(F)c1F. The molecule has 0 atom stereocenters. The van der Waals surface area contributed by atoms with Gasteiger partial charge in [-0.2, -0.15) is 0 Å². The van der Waals surface area contributed by atoms with Crippen LogP contribution < -0.4 is 5.32 Å². The number of nitrogens with one attached hydrogen (secondary N) is 1. The van der Waals surface area contributed by atoms with E-state index in [4.69, 9.17) is 4.74 Å². The number of hydrogen-bond acceptors (Lipinski definition) is 2. The maximum atomic E-state index is 13.4. The highest BCUT2D eigenvalue weighted by Crippen LogP contribution is 2.16. The highest BCUT2D eigenvalue weighted by molar-refractivity contribution is 5.94. The molecule has 1 amide bonds. The lowest BCUT2D eigenvalue weighted by Gasteiger charge is -2.23. The zero-order valence-electron chi connectivity index (χ0n) is 9.51. The standard InChI is InChI=1S/C12H12F3NO2/c13-9-2-1-8(10(14)11(9)15)12(17)16-7-3-5-18-6-4-7/h1-2,7H,3-6H2,(H,16,17). The number of ether oxygens (including phenoxy) is 1. The van der Waals surface area contributed by atoms with Crippen molar-refractivity contribution in [2.24, 2.45) is 0 Å². The lowest BCUT2D eigenvalue weighted by molar-refractivity contribution is 0.0694. The van der Waals surface area contributed by atoms with Gasteiger partial charge < -0.3 is 10.1 Å². The van der Waals surface area contributed by atoms with Gasteiger partial charge in [-0.05, 0) is 25.0 Å².